The largest absolute Gasteiger partial charge is 0.744 e. The lowest BCUT2D eigenvalue weighted by molar-refractivity contribution is -0.137. The van der Waals surface area contributed by atoms with Gasteiger partial charge in [-0.3, -0.25) is 9.36 Å². The first-order valence-electron chi connectivity index (χ1n) is 9.57. The summed E-state index contributed by atoms with van der Waals surface area (Å²) in [7, 11) is -3.51. The first-order chi connectivity index (χ1) is 15.9. The molecular weight excluding hydrogens is 478 g/mol. The van der Waals surface area contributed by atoms with Gasteiger partial charge in [0.05, 0.1) is 28.8 Å². The van der Waals surface area contributed by atoms with Gasteiger partial charge in [-0.25, -0.2) is 12.8 Å². The van der Waals surface area contributed by atoms with Crippen molar-refractivity contribution in [2.75, 3.05) is 7.11 Å². The molecule has 3 aromatic carbocycles. The molecule has 0 fully saturated rings. The molecule has 6 nitrogen and oxygen atoms in total. The normalized spacial score (nSPS) is 12.2. The molecule has 0 radical (unpaired) electrons. The van der Waals surface area contributed by atoms with Crippen LogP contribution < -0.4 is 10.3 Å². The Morgan fingerprint density at radius 2 is 1.71 bits per heavy atom. The zero-order valence-corrected chi connectivity index (χ0v) is 18.1. The molecule has 0 amide bonds. The van der Waals surface area contributed by atoms with Crippen molar-refractivity contribution < 1.29 is 35.3 Å². The fraction of sp³-hybridized carbons (Fsp3) is 0.0870. The molecule has 0 aliphatic rings. The Hall–Kier alpha value is -3.70. The lowest BCUT2D eigenvalue weighted by Gasteiger charge is -2.17. The number of alkyl halides is 3. The lowest BCUT2D eigenvalue weighted by Crippen LogP contribution is -2.18. The van der Waals surface area contributed by atoms with Gasteiger partial charge in [0.2, 0.25) is 0 Å². The quantitative estimate of drug-likeness (QED) is 0.304. The number of hydrogen-bond donors (Lipinski definition) is 0. The molecule has 0 aliphatic carbocycles. The molecule has 4 aromatic rings. The Kier molecular flexibility index (Phi) is 5.70. The van der Waals surface area contributed by atoms with Crippen molar-refractivity contribution in [3.8, 4) is 22.6 Å². The summed E-state index contributed by atoms with van der Waals surface area (Å²) in [6, 6.07) is 11.9. The number of methoxy groups -OCH3 is 1. The van der Waals surface area contributed by atoms with Crippen LogP contribution >= 0.6 is 0 Å². The molecule has 0 spiro atoms. The first-order valence-corrected chi connectivity index (χ1v) is 11.0. The van der Waals surface area contributed by atoms with E-state index in [1.165, 1.54) is 31.4 Å². The number of fused-ring (bicyclic) bond motifs is 1. The highest BCUT2D eigenvalue weighted by Crippen LogP contribution is 2.36. The summed E-state index contributed by atoms with van der Waals surface area (Å²) in [6.45, 7) is 0. The zero-order chi connectivity index (χ0) is 24.8. The van der Waals surface area contributed by atoms with Crippen molar-refractivity contribution >= 4 is 21.0 Å². The van der Waals surface area contributed by atoms with E-state index < -0.39 is 38.1 Å². The standard InChI is InChI=1S/C23H15F4NO5S/c1-33-21-11-17(13-3-2-4-15(9-13)23(25,26)27)18(24)12-20(21)28-19-7-6-16(34(30,31)32)10-14(19)5-8-22(28)29/h2-12H,1H3,(H,30,31,32)/p-1. The topological polar surface area (TPSA) is 88.4 Å². The molecule has 0 aliphatic heterocycles. The van der Waals surface area contributed by atoms with Gasteiger partial charge >= 0.3 is 6.18 Å². The summed E-state index contributed by atoms with van der Waals surface area (Å²) in [4.78, 5) is 12.2. The summed E-state index contributed by atoms with van der Waals surface area (Å²) < 4.78 is 94.8. The van der Waals surface area contributed by atoms with Crippen molar-refractivity contribution in [1.82, 2.24) is 4.57 Å². The average Bonchev–Trinajstić information content (AvgIpc) is 2.77. The Labute approximate surface area is 190 Å². The van der Waals surface area contributed by atoms with Gasteiger partial charge in [0.15, 0.2) is 0 Å². The third-order valence-corrected chi connectivity index (χ3v) is 6.00. The minimum atomic E-state index is -4.75. The van der Waals surface area contributed by atoms with E-state index in [1.807, 2.05) is 0 Å². The first kappa shape index (κ1) is 23.5. The van der Waals surface area contributed by atoms with Gasteiger partial charge in [0.25, 0.3) is 5.56 Å². The number of hydrogen-bond acceptors (Lipinski definition) is 5. The molecule has 176 valence electrons. The third-order valence-electron chi connectivity index (χ3n) is 5.16. The van der Waals surface area contributed by atoms with Gasteiger partial charge in [-0.2, -0.15) is 13.2 Å². The molecule has 0 atom stereocenters. The van der Waals surface area contributed by atoms with E-state index in [2.05, 4.69) is 0 Å². The predicted molar refractivity (Wildman–Crippen MR) is 114 cm³/mol. The van der Waals surface area contributed by atoms with Gasteiger partial charge in [-0.15, -0.1) is 0 Å². The van der Waals surface area contributed by atoms with Crippen LogP contribution in [0, 0.1) is 5.82 Å². The number of ether oxygens (including phenoxy) is 1. The Balaban J connectivity index is 1.95. The van der Waals surface area contributed by atoms with Crippen LogP contribution in [0.4, 0.5) is 17.6 Å². The smallest absolute Gasteiger partial charge is 0.416 e. The molecule has 4 rings (SSSR count). The van der Waals surface area contributed by atoms with E-state index in [9.17, 15) is 30.9 Å². The van der Waals surface area contributed by atoms with Crippen LogP contribution in [0.3, 0.4) is 0 Å². The number of benzene rings is 3. The lowest BCUT2D eigenvalue weighted by atomic mass is 10.0. The second-order valence-corrected chi connectivity index (χ2v) is 8.64. The molecule has 0 N–H and O–H groups in total. The van der Waals surface area contributed by atoms with Gasteiger partial charge in [0.1, 0.15) is 21.7 Å². The zero-order valence-electron chi connectivity index (χ0n) is 17.3. The molecule has 1 heterocycles. The van der Waals surface area contributed by atoms with E-state index in [0.717, 1.165) is 47.0 Å². The van der Waals surface area contributed by atoms with E-state index in [1.54, 1.807) is 0 Å². The van der Waals surface area contributed by atoms with Crippen molar-refractivity contribution in [2.45, 2.75) is 11.1 Å². The Bertz CT molecular complexity index is 1590. The number of rotatable bonds is 4. The highest BCUT2D eigenvalue weighted by Gasteiger charge is 2.30. The Morgan fingerprint density at radius 3 is 2.35 bits per heavy atom. The number of aromatic nitrogens is 1. The van der Waals surface area contributed by atoms with Crippen LogP contribution in [0.5, 0.6) is 5.75 Å². The molecule has 0 saturated heterocycles. The molecule has 0 saturated carbocycles. The van der Waals surface area contributed by atoms with E-state index in [0.29, 0.717) is 0 Å². The fourth-order valence-electron chi connectivity index (χ4n) is 3.59. The second kappa shape index (κ2) is 8.26. The summed E-state index contributed by atoms with van der Waals surface area (Å²) in [6.07, 6.45) is -4.62. The summed E-state index contributed by atoms with van der Waals surface area (Å²) in [5.74, 6) is -0.943. The van der Waals surface area contributed by atoms with Crippen molar-refractivity contribution in [3.05, 3.63) is 88.5 Å². The SMILES string of the molecule is COc1cc(-c2cccc(C(F)(F)F)c2)c(F)cc1-n1c(=O)ccc2cc(S(=O)(=O)[O-])ccc21. The van der Waals surface area contributed by atoms with Crippen LogP contribution in [0.15, 0.2) is 76.4 Å². The minimum Gasteiger partial charge on any atom is -0.744 e. The number of nitrogens with zero attached hydrogens (tertiary/aromatic N) is 1. The van der Waals surface area contributed by atoms with Gasteiger partial charge in [-0.1, -0.05) is 12.1 Å². The van der Waals surface area contributed by atoms with Crippen LogP contribution in [0.25, 0.3) is 27.7 Å². The van der Waals surface area contributed by atoms with E-state index >= 15 is 4.39 Å². The maximum absolute atomic E-state index is 15.1. The van der Waals surface area contributed by atoms with E-state index in [-0.39, 0.29) is 33.5 Å². The van der Waals surface area contributed by atoms with Crippen LogP contribution in [-0.4, -0.2) is 24.6 Å². The maximum atomic E-state index is 15.1. The van der Waals surface area contributed by atoms with Gasteiger partial charge in [0, 0.05) is 23.1 Å². The second-order valence-electron chi connectivity index (χ2n) is 7.26. The highest BCUT2D eigenvalue weighted by molar-refractivity contribution is 7.85. The maximum Gasteiger partial charge on any atom is 0.416 e. The van der Waals surface area contributed by atoms with Gasteiger partial charge in [-0.05, 0) is 48.0 Å². The van der Waals surface area contributed by atoms with Crippen LogP contribution in [0.1, 0.15) is 5.56 Å². The Morgan fingerprint density at radius 1 is 0.971 bits per heavy atom. The molecule has 1 aromatic heterocycles. The minimum absolute atomic E-state index is 0.0241. The van der Waals surface area contributed by atoms with Crippen molar-refractivity contribution in [3.63, 3.8) is 0 Å². The molecule has 0 unspecified atom stereocenters. The summed E-state index contributed by atoms with van der Waals surface area (Å²) >= 11 is 0. The molecule has 11 heteroatoms. The highest BCUT2D eigenvalue weighted by atomic mass is 32.2. The monoisotopic (exact) mass is 492 g/mol. The summed E-state index contributed by atoms with van der Waals surface area (Å²) in [5, 5.41) is 0.209. The fourth-order valence-corrected chi connectivity index (χ4v) is 4.10. The molecular formula is C23H14F4NO5S-. The van der Waals surface area contributed by atoms with E-state index in [4.69, 9.17) is 4.74 Å². The number of pyridine rings is 1. The van der Waals surface area contributed by atoms with Crippen LogP contribution in [-0.2, 0) is 16.3 Å². The predicted octanol–water partition coefficient (Wildman–Crippen LogP) is 4.73. The summed E-state index contributed by atoms with van der Waals surface area (Å²) in [5.41, 5.74) is -1.71. The van der Waals surface area contributed by atoms with Crippen molar-refractivity contribution in [2.24, 2.45) is 0 Å². The van der Waals surface area contributed by atoms with Crippen molar-refractivity contribution in [1.29, 1.82) is 0 Å². The molecule has 34 heavy (non-hydrogen) atoms. The average molecular weight is 492 g/mol. The third kappa shape index (κ3) is 4.27. The van der Waals surface area contributed by atoms with Crippen LogP contribution in [0.2, 0.25) is 0 Å². The number of halogens is 4. The molecule has 0 bridgehead atoms. The van der Waals surface area contributed by atoms with Gasteiger partial charge < -0.3 is 9.29 Å².